The van der Waals surface area contributed by atoms with Gasteiger partial charge in [-0.05, 0) is 45.3 Å². The molecule has 0 atom stereocenters. The summed E-state index contributed by atoms with van der Waals surface area (Å²) in [4.78, 5) is 13.4. The summed E-state index contributed by atoms with van der Waals surface area (Å²) in [6.45, 7) is 2.94. The molecule has 0 aromatic heterocycles. The van der Waals surface area contributed by atoms with E-state index in [0.29, 0.717) is 13.1 Å². The van der Waals surface area contributed by atoms with Gasteiger partial charge in [0.1, 0.15) is 0 Å². The van der Waals surface area contributed by atoms with E-state index in [9.17, 15) is 4.79 Å². The van der Waals surface area contributed by atoms with Crippen molar-refractivity contribution in [3.05, 3.63) is 0 Å². The lowest BCUT2D eigenvalue weighted by atomic mass is 10.3. The molecule has 0 aliphatic heterocycles. The number of nitrogens with two attached hydrogens (primary N) is 1. The first-order valence-electron chi connectivity index (χ1n) is 5.37. The Morgan fingerprint density at radius 1 is 1.57 bits per heavy atom. The van der Waals surface area contributed by atoms with Crippen molar-refractivity contribution < 1.29 is 4.79 Å². The van der Waals surface area contributed by atoms with Gasteiger partial charge in [0.05, 0.1) is 6.54 Å². The molecule has 0 heterocycles. The van der Waals surface area contributed by atoms with E-state index in [4.69, 9.17) is 5.73 Å². The molecule has 4 nitrogen and oxygen atoms in total. The molecule has 14 heavy (non-hydrogen) atoms. The van der Waals surface area contributed by atoms with E-state index in [2.05, 4.69) is 5.32 Å². The molecule has 82 valence electrons. The topological polar surface area (TPSA) is 58.4 Å². The first-order valence-corrected chi connectivity index (χ1v) is 5.37. The maximum absolute atomic E-state index is 11.4. The predicted octanol–water partition coefficient (Wildman–Crippen LogP) is -0.207. The van der Waals surface area contributed by atoms with Gasteiger partial charge in [-0.1, -0.05) is 0 Å². The van der Waals surface area contributed by atoms with Gasteiger partial charge in [0.2, 0.25) is 5.91 Å². The lowest BCUT2D eigenvalue weighted by Crippen LogP contribution is -2.36. The van der Waals surface area contributed by atoms with Gasteiger partial charge < -0.3 is 11.1 Å². The largest absolute Gasteiger partial charge is 0.355 e. The van der Waals surface area contributed by atoms with Crippen LogP contribution in [0, 0.1) is 5.92 Å². The standard InChI is InChI=1S/C10H21N3O/c1-13(6-2-5-11)8-10(14)12-7-9-3-4-9/h9H,2-8,11H2,1H3,(H,12,14). The van der Waals surface area contributed by atoms with Gasteiger partial charge in [-0.15, -0.1) is 0 Å². The number of rotatable bonds is 7. The zero-order valence-electron chi connectivity index (χ0n) is 8.96. The van der Waals surface area contributed by atoms with Gasteiger partial charge in [-0.25, -0.2) is 0 Å². The van der Waals surface area contributed by atoms with Crippen LogP contribution in [0.5, 0.6) is 0 Å². The van der Waals surface area contributed by atoms with Crippen molar-refractivity contribution in [2.45, 2.75) is 19.3 Å². The Hall–Kier alpha value is -0.610. The summed E-state index contributed by atoms with van der Waals surface area (Å²) in [7, 11) is 1.95. The summed E-state index contributed by atoms with van der Waals surface area (Å²) in [6, 6.07) is 0. The van der Waals surface area contributed by atoms with Crippen LogP contribution in [-0.2, 0) is 4.79 Å². The molecular formula is C10H21N3O. The zero-order valence-corrected chi connectivity index (χ0v) is 8.96. The first-order chi connectivity index (χ1) is 6.72. The Kier molecular flexibility index (Phi) is 4.90. The molecule has 0 unspecified atom stereocenters. The molecule has 0 aromatic carbocycles. The highest BCUT2D eigenvalue weighted by Crippen LogP contribution is 2.27. The average molecular weight is 199 g/mol. The molecule has 1 fully saturated rings. The normalized spacial score (nSPS) is 15.9. The molecule has 0 radical (unpaired) electrons. The van der Waals surface area contributed by atoms with E-state index < -0.39 is 0 Å². The number of hydrogen-bond donors (Lipinski definition) is 2. The number of hydrogen-bond acceptors (Lipinski definition) is 3. The number of nitrogens with zero attached hydrogens (tertiary/aromatic N) is 1. The van der Waals surface area contributed by atoms with Crippen molar-refractivity contribution in [3.8, 4) is 0 Å². The van der Waals surface area contributed by atoms with Crippen LogP contribution in [0.1, 0.15) is 19.3 Å². The van der Waals surface area contributed by atoms with E-state index in [1.807, 2.05) is 11.9 Å². The van der Waals surface area contributed by atoms with Crippen LogP contribution < -0.4 is 11.1 Å². The maximum Gasteiger partial charge on any atom is 0.234 e. The van der Waals surface area contributed by atoms with Crippen LogP contribution in [0.3, 0.4) is 0 Å². The van der Waals surface area contributed by atoms with Crippen molar-refractivity contribution in [2.24, 2.45) is 11.7 Å². The van der Waals surface area contributed by atoms with Crippen molar-refractivity contribution >= 4 is 5.91 Å². The Balaban J connectivity index is 1.99. The summed E-state index contributed by atoms with van der Waals surface area (Å²) < 4.78 is 0. The van der Waals surface area contributed by atoms with Crippen molar-refractivity contribution in [1.29, 1.82) is 0 Å². The minimum Gasteiger partial charge on any atom is -0.355 e. The highest BCUT2D eigenvalue weighted by Gasteiger charge is 2.21. The molecule has 0 saturated heterocycles. The quantitative estimate of drug-likeness (QED) is 0.596. The highest BCUT2D eigenvalue weighted by molar-refractivity contribution is 5.77. The predicted molar refractivity (Wildman–Crippen MR) is 56.9 cm³/mol. The number of nitrogens with one attached hydrogen (secondary N) is 1. The molecule has 1 aliphatic carbocycles. The summed E-state index contributed by atoms with van der Waals surface area (Å²) >= 11 is 0. The van der Waals surface area contributed by atoms with E-state index in [0.717, 1.165) is 25.4 Å². The van der Waals surface area contributed by atoms with Gasteiger partial charge >= 0.3 is 0 Å². The van der Waals surface area contributed by atoms with Gasteiger partial charge in [0.25, 0.3) is 0 Å². The number of amides is 1. The van der Waals surface area contributed by atoms with Crippen molar-refractivity contribution in [3.63, 3.8) is 0 Å². The highest BCUT2D eigenvalue weighted by atomic mass is 16.2. The molecule has 4 heteroatoms. The molecule has 0 spiro atoms. The Labute approximate surface area is 85.8 Å². The molecule has 3 N–H and O–H groups in total. The molecule has 1 amide bonds. The fourth-order valence-corrected chi connectivity index (χ4v) is 1.32. The molecular weight excluding hydrogens is 178 g/mol. The number of likely N-dealkylation sites (N-methyl/N-ethyl adjacent to an activating group) is 1. The van der Waals surface area contributed by atoms with Crippen LogP contribution in [0.15, 0.2) is 0 Å². The Morgan fingerprint density at radius 3 is 2.86 bits per heavy atom. The fourth-order valence-electron chi connectivity index (χ4n) is 1.32. The number of carbonyl (C=O) groups excluding carboxylic acids is 1. The second-order valence-electron chi connectivity index (χ2n) is 4.13. The van der Waals surface area contributed by atoms with E-state index in [1.54, 1.807) is 0 Å². The van der Waals surface area contributed by atoms with Crippen molar-refractivity contribution in [2.75, 3.05) is 33.2 Å². The first kappa shape index (κ1) is 11.5. The molecule has 1 saturated carbocycles. The lowest BCUT2D eigenvalue weighted by molar-refractivity contribution is -0.122. The van der Waals surface area contributed by atoms with Gasteiger partial charge in [0, 0.05) is 6.54 Å². The number of carbonyl (C=O) groups is 1. The minimum absolute atomic E-state index is 0.136. The zero-order chi connectivity index (χ0) is 10.4. The van der Waals surface area contributed by atoms with Gasteiger partial charge in [0.15, 0.2) is 0 Å². The van der Waals surface area contributed by atoms with E-state index in [1.165, 1.54) is 12.8 Å². The van der Waals surface area contributed by atoms with Crippen molar-refractivity contribution in [1.82, 2.24) is 10.2 Å². The van der Waals surface area contributed by atoms with Crippen LogP contribution in [0.25, 0.3) is 0 Å². The Morgan fingerprint density at radius 2 is 2.29 bits per heavy atom. The summed E-state index contributed by atoms with van der Waals surface area (Å²) in [5, 5.41) is 2.94. The summed E-state index contributed by atoms with van der Waals surface area (Å²) in [6.07, 6.45) is 3.51. The van der Waals surface area contributed by atoms with Crippen LogP contribution >= 0.6 is 0 Å². The van der Waals surface area contributed by atoms with E-state index >= 15 is 0 Å². The van der Waals surface area contributed by atoms with Crippen LogP contribution in [0.4, 0.5) is 0 Å². The second-order valence-corrected chi connectivity index (χ2v) is 4.13. The average Bonchev–Trinajstić information content (AvgIpc) is 2.95. The Bertz CT molecular complexity index is 180. The third-order valence-corrected chi connectivity index (χ3v) is 2.44. The molecule has 1 aliphatic rings. The SMILES string of the molecule is CN(CCCN)CC(=O)NCC1CC1. The summed E-state index contributed by atoms with van der Waals surface area (Å²) in [5.74, 6) is 0.893. The molecule has 0 aromatic rings. The minimum atomic E-state index is 0.136. The third kappa shape index (κ3) is 5.19. The molecule has 0 bridgehead atoms. The van der Waals surface area contributed by atoms with E-state index in [-0.39, 0.29) is 5.91 Å². The lowest BCUT2D eigenvalue weighted by Gasteiger charge is -2.15. The smallest absolute Gasteiger partial charge is 0.234 e. The molecule has 1 rings (SSSR count). The van der Waals surface area contributed by atoms with Gasteiger partial charge in [-0.3, -0.25) is 9.69 Å². The van der Waals surface area contributed by atoms with Crippen LogP contribution in [-0.4, -0.2) is 44.0 Å². The maximum atomic E-state index is 11.4. The van der Waals surface area contributed by atoms with Crippen LogP contribution in [0.2, 0.25) is 0 Å². The summed E-state index contributed by atoms with van der Waals surface area (Å²) in [5.41, 5.74) is 5.39. The van der Waals surface area contributed by atoms with Gasteiger partial charge in [-0.2, -0.15) is 0 Å². The second kappa shape index (κ2) is 5.98. The monoisotopic (exact) mass is 199 g/mol. The fraction of sp³-hybridized carbons (Fsp3) is 0.900. The third-order valence-electron chi connectivity index (χ3n) is 2.44.